The number of benzene rings is 1. The molecule has 0 saturated carbocycles. The highest BCUT2D eigenvalue weighted by Gasteiger charge is 2.53. The summed E-state index contributed by atoms with van der Waals surface area (Å²) in [5.41, 5.74) is 0.878. The Kier molecular flexibility index (Phi) is 4.57. The van der Waals surface area contributed by atoms with E-state index in [2.05, 4.69) is 0 Å². The number of carbonyl (C=O) groups is 1. The maximum Gasteiger partial charge on any atom is 0.227 e. The molecule has 3 rings (SSSR count). The van der Waals surface area contributed by atoms with Crippen LogP contribution in [0, 0.1) is 5.92 Å². The molecule has 0 unspecified atom stereocenters. The number of fused-ring (bicyclic) bond motifs is 1. The molecule has 0 spiro atoms. The molecule has 2 heterocycles. The molecule has 2 aliphatic heterocycles. The zero-order chi connectivity index (χ0) is 17.5. The summed E-state index contributed by atoms with van der Waals surface area (Å²) in [4.78, 5) is 16.3. The maximum absolute atomic E-state index is 12.6. The molecule has 6 nitrogen and oxygen atoms in total. The Bertz CT molecular complexity index is 732. The third kappa shape index (κ3) is 3.15. The smallest absolute Gasteiger partial charge is 0.227 e. The number of carbonyl (C=O) groups excluding carboxylic acids is 1. The topological polar surface area (TPSA) is 66.9 Å². The van der Waals surface area contributed by atoms with E-state index >= 15 is 0 Å². The number of hydrogen-bond donors (Lipinski definition) is 0. The van der Waals surface area contributed by atoms with Gasteiger partial charge in [-0.1, -0.05) is 12.1 Å². The van der Waals surface area contributed by atoms with Crippen molar-refractivity contribution < 1.29 is 17.9 Å². The van der Waals surface area contributed by atoms with Gasteiger partial charge in [0.2, 0.25) is 5.91 Å². The minimum Gasteiger partial charge on any atom is -0.497 e. The third-order valence-electron chi connectivity index (χ3n) is 5.17. The number of sulfone groups is 1. The van der Waals surface area contributed by atoms with Gasteiger partial charge in [-0.25, -0.2) is 8.42 Å². The Morgan fingerprint density at radius 3 is 2.75 bits per heavy atom. The van der Waals surface area contributed by atoms with Crippen LogP contribution in [0.15, 0.2) is 24.3 Å². The van der Waals surface area contributed by atoms with Gasteiger partial charge in [-0.2, -0.15) is 0 Å². The lowest BCUT2D eigenvalue weighted by Crippen LogP contribution is -2.39. The highest BCUT2D eigenvalue weighted by molar-refractivity contribution is 7.92. The van der Waals surface area contributed by atoms with Crippen LogP contribution in [-0.4, -0.2) is 75.5 Å². The summed E-state index contributed by atoms with van der Waals surface area (Å²) in [7, 11) is 2.28. The van der Waals surface area contributed by atoms with Crippen molar-refractivity contribution in [2.24, 2.45) is 5.92 Å². The number of rotatable bonds is 4. The zero-order valence-corrected chi connectivity index (χ0v) is 15.1. The summed E-state index contributed by atoms with van der Waals surface area (Å²) >= 11 is 0. The van der Waals surface area contributed by atoms with Crippen LogP contribution in [0.2, 0.25) is 0 Å². The van der Waals surface area contributed by atoms with Crippen LogP contribution in [0.25, 0.3) is 0 Å². The molecule has 0 aliphatic carbocycles. The summed E-state index contributed by atoms with van der Waals surface area (Å²) in [6.07, 6.45) is 0.267. The van der Waals surface area contributed by atoms with E-state index in [1.165, 1.54) is 0 Å². The normalized spacial score (nSPS) is 28.2. The second-order valence-corrected chi connectivity index (χ2v) is 9.15. The minimum absolute atomic E-state index is 0.00498. The fourth-order valence-corrected chi connectivity index (χ4v) is 6.31. The van der Waals surface area contributed by atoms with E-state index in [0.29, 0.717) is 18.8 Å². The van der Waals surface area contributed by atoms with Crippen molar-refractivity contribution in [3.63, 3.8) is 0 Å². The lowest BCUT2D eigenvalue weighted by molar-refractivity contribution is -0.129. The molecule has 0 bridgehead atoms. The second kappa shape index (κ2) is 6.37. The Balaban J connectivity index is 1.72. The van der Waals surface area contributed by atoms with Crippen molar-refractivity contribution in [3.8, 4) is 5.75 Å². The summed E-state index contributed by atoms with van der Waals surface area (Å²) in [6.45, 7) is 0.843. The highest BCUT2D eigenvalue weighted by atomic mass is 32.2. The second-order valence-electron chi connectivity index (χ2n) is 6.89. The van der Waals surface area contributed by atoms with Crippen molar-refractivity contribution in [1.82, 2.24) is 9.80 Å². The Hall–Kier alpha value is -1.60. The minimum atomic E-state index is -3.12. The molecule has 2 aliphatic rings. The summed E-state index contributed by atoms with van der Waals surface area (Å²) in [5.74, 6) is 0.909. The van der Waals surface area contributed by atoms with E-state index in [9.17, 15) is 13.2 Å². The summed E-state index contributed by atoms with van der Waals surface area (Å²) in [6, 6.07) is 7.41. The Morgan fingerprint density at radius 2 is 2.08 bits per heavy atom. The van der Waals surface area contributed by atoms with E-state index in [4.69, 9.17) is 4.74 Å². The fraction of sp³-hybridized carbons (Fsp3) is 0.588. The molecule has 132 valence electrons. The number of nitrogens with zero attached hydrogens (tertiary/aromatic N) is 2. The first kappa shape index (κ1) is 17.2. The van der Waals surface area contributed by atoms with Crippen molar-refractivity contribution in [1.29, 1.82) is 0 Å². The van der Waals surface area contributed by atoms with Crippen LogP contribution in [-0.2, 0) is 21.1 Å². The third-order valence-corrected chi connectivity index (χ3v) is 7.40. The number of likely N-dealkylation sites (tertiary alicyclic amines) is 1. The number of ether oxygens (including phenoxy) is 1. The van der Waals surface area contributed by atoms with Crippen molar-refractivity contribution in [3.05, 3.63) is 29.8 Å². The van der Waals surface area contributed by atoms with Crippen LogP contribution in [0.4, 0.5) is 0 Å². The van der Waals surface area contributed by atoms with E-state index < -0.39 is 15.1 Å². The average molecular weight is 352 g/mol. The molecule has 3 atom stereocenters. The first-order valence-electron chi connectivity index (χ1n) is 8.10. The molecule has 1 aromatic rings. The van der Waals surface area contributed by atoms with E-state index in [0.717, 1.165) is 5.56 Å². The average Bonchev–Trinajstić information content (AvgIpc) is 3.07. The van der Waals surface area contributed by atoms with Gasteiger partial charge in [0, 0.05) is 25.0 Å². The van der Waals surface area contributed by atoms with Crippen LogP contribution < -0.4 is 4.74 Å². The largest absolute Gasteiger partial charge is 0.497 e. The Morgan fingerprint density at radius 1 is 1.33 bits per heavy atom. The molecule has 1 amide bonds. The molecule has 0 aromatic heterocycles. The molecule has 24 heavy (non-hydrogen) atoms. The van der Waals surface area contributed by atoms with Gasteiger partial charge in [0.15, 0.2) is 9.84 Å². The number of methoxy groups -OCH3 is 1. The van der Waals surface area contributed by atoms with Gasteiger partial charge in [-0.3, -0.25) is 4.79 Å². The van der Waals surface area contributed by atoms with Gasteiger partial charge >= 0.3 is 0 Å². The van der Waals surface area contributed by atoms with Crippen LogP contribution in [0.5, 0.6) is 5.75 Å². The molecule has 2 saturated heterocycles. The van der Waals surface area contributed by atoms with Crippen LogP contribution in [0.1, 0.15) is 5.56 Å². The number of amides is 1. The first-order valence-corrected chi connectivity index (χ1v) is 9.82. The predicted molar refractivity (Wildman–Crippen MR) is 91.8 cm³/mol. The van der Waals surface area contributed by atoms with Crippen LogP contribution >= 0.6 is 0 Å². The molecule has 0 N–H and O–H groups in total. The monoisotopic (exact) mass is 352 g/mol. The van der Waals surface area contributed by atoms with E-state index in [1.807, 2.05) is 43.3 Å². The van der Waals surface area contributed by atoms with Gasteiger partial charge < -0.3 is 14.5 Å². The lowest BCUT2D eigenvalue weighted by atomic mass is 10.00. The van der Waals surface area contributed by atoms with Gasteiger partial charge in [-0.05, 0) is 31.8 Å². The molecule has 7 heteroatoms. The van der Waals surface area contributed by atoms with Crippen molar-refractivity contribution >= 4 is 15.7 Å². The van der Waals surface area contributed by atoms with Gasteiger partial charge in [0.25, 0.3) is 0 Å². The maximum atomic E-state index is 12.6. The number of hydrogen-bond acceptors (Lipinski definition) is 5. The Labute approximate surface area is 143 Å². The predicted octanol–water partition coefficient (Wildman–Crippen LogP) is 0.423. The van der Waals surface area contributed by atoms with E-state index in [-0.39, 0.29) is 30.0 Å². The quantitative estimate of drug-likeness (QED) is 0.786. The summed E-state index contributed by atoms with van der Waals surface area (Å²) in [5, 5.41) is -0.417. The van der Waals surface area contributed by atoms with Gasteiger partial charge in [0.1, 0.15) is 5.75 Å². The molecular formula is C17H24N2O4S. The molecule has 0 radical (unpaired) electrons. The van der Waals surface area contributed by atoms with Gasteiger partial charge in [0.05, 0.1) is 24.5 Å². The summed E-state index contributed by atoms with van der Waals surface area (Å²) < 4.78 is 30.0. The zero-order valence-electron chi connectivity index (χ0n) is 14.3. The standard InChI is InChI=1S/C17H24N2O4S/c1-18(2)15-11-24(21,22)16-10-19(9-14(15)16)17(20)8-12-5-4-6-13(7-12)23-3/h4-7,14-16H,8-11H2,1-3H3/t14-,15+,16-/m0/s1. The molecule has 1 aromatic carbocycles. The highest BCUT2D eigenvalue weighted by Crippen LogP contribution is 2.36. The molecular weight excluding hydrogens is 328 g/mol. The lowest BCUT2D eigenvalue weighted by Gasteiger charge is -2.25. The van der Waals surface area contributed by atoms with Crippen molar-refractivity contribution in [2.45, 2.75) is 17.7 Å². The fourth-order valence-electron chi connectivity index (χ4n) is 3.84. The first-order chi connectivity index (χ1) is 11.3. The molecule has 2 fully saturated rings. The van der Waals surface area contributed by atoms with Crippen molar-refractivity contribution in [2.75, 3.05) is 40.0 Å². The SMILES string of the molecule is COc1cccc(CC(=O)N2C[C@H]3[C@H](N(C)C)CS(=O)(=O)[C@H]3C2)c1. The van der Waals surface area contributed by atoms with Gasteiger partial charge in [-0.15, -0.1) is 0 Å². The van der Waals surface area contributed by atoms with E-state index in [1.54, 1.807) is 12.0 Å². The van der Waals surface area contributed by atoms with Crippen LogP contribution in [0.3, 0.4) is 0 Å².